The van der Waals surface area contributed by atoms with Crippen LogP contribution in [0.5, 0.6) is 5.75 Å². The van der Waals surface area contributed by atoms with Crippen LogP contribution in [-0.2, 0) is 21.3 Å². The van der Waals surface area contributed by atoms with Crippen molar-refractivity contribution in [2.75, 3.05) is 20.2 Å². The molecule has 2 saturated carbocycles. The molecule has 3 fully saturated rings. The van der Waals surface area contributed by atoms with E-state index in [4.69, 9.17) is 14.5 Å². The maximum absolute atomic E-state index is 14.5. The van der Waals surface area contributed by atoms with Crippen molar-refractivity contribution < 1.29 is 27.5 Å². The normalized spacial score (nSPS) is 20.9. The van der Waals surface area contributed by atoms with Gasteiger partial charge < -0.3 is 23.5 Å². The quantitative estimate of drug-likeness (QED) is 0.197. The van der Waals surface area contributed by atoms with Crippen molar-refractivity contribution in [2.45, 2.75) is 115 Å². The Morgan fingerprint density at radius 2 is 1.69 bits per heavy atom. The molecule has 1 saturated heterocycles. The number of ether oxygens (including phenoxy) is 2. The molecule has 0 bridgehead atoms. The van der Waals surface area contributed by atoms with Crippen molar-refractivity contribution in [2.24, 2.45) is 0 Å². The number of hydrogen-bond donors (Lipinski definition) is 1. The second-order valence-corrected chi connectivity index (χ2v) is 18.2. The predicted octanol–water partition coefficient (Wildman–Crippen LogP) is 7.56. The number of sulfonamides is 1. The Hall–Kier alpha value is -4.42. The number of morpholine rings is 1. The molecule has 2 atom stereocenters. The van der Waals surface area contributed by atoms with E-state index in [-0.39, 0.29) is 29.7 Å². The lowest BCUT2D eigenvalue weighted by Gasteiger charge is -2.35. The predicted molar refractivity (Wildman–Crippen MR) is 210 cm³/mol. The number of carbonyl (C=O) groups excluding carboxylic acids is 2. The number of imidazole rings is 1. The summed E-state index contributed by atoms with van der Waals surface area (Å²) in [6, 6.07) is 12.0. The molecule has 286 valence electrons. The van der Waals surface area contributed by atoms with Gasteiger partial charge in [-0.25, -0.2) is 18.1 Å². The standard InChI is InChI=1S/C42H51N5O6S/c1-25(2)54(50,51)44-41(48)29-14-16-35-36(20-29)46-23-31(18-30-19-33(52-5)15-17-34(30)40(46)37(35)28-10-7-6-8-11-28)39-38(43-24-47(39)32-12-9-13-32)42(49)45-21-26(3)53-27(4)22-45/h14-20,24-28,32H,6-13,21-23H2,1-5H3,(H,44,48). The van der Waals surface area contributed by atoms with E-state index in [1.54, 1.807) is 27.0 Å². The monoisotopic (exact) mass is 753 g/mol. The molecule has 11 nitrogen and oxygen atoms in total. The topological polar surface area (TPSA) is 125 Å². The SMILES string of the molecule is COc1ccc2c(c1)C=C(c1c(C(=O)N3CC(C)OC(C)C3)ncn1C1CCC1)Cn1c-2c(C2CCCCC2)c2ccc(C(=O)NS(=O)(=O)C(C)C)cc21. The van der Waals surface area contributed by atoms with Crippen LogP contribution in [0.4, 0.5) is 0 Å². The number of hydrogen-bond acceptors (Lipinski definition) is 7. The molecule has 2 amide bonds. The number of aromatic nitrogens is 3. The zero-order valence-electron chi connectivity index (χ0n) is 31.9. The molecule has 0 spiro atoms. The second kappa shape index (κ2) is 14.3. The molecule has 4 aromatic rings. The molecule has 2 unspecified atom stereocenters. The number of rotatable bonds is 8. The number of amides is 2. The Bertz CT molecular complexity index is 2250. The van der Waals surface area contributed by atoms with Gasteiger partial charge in [-0.2, -0.15) is 0 Å². The molecule has 12 heteroatoms. The minimum absolute atomic E-state index is 0.0831. The molecular weight excluding hydrogens is 703 g/mol. The Morgan fingerprint density at radius 1 is 0.944 bits per heavy atom. The summed E-state index contributed by atoms with van der Waals surface area (Å²) in [7, 11) is -2.17. The summed E-state index contributed by atoms with van der Waals surface area (Å²) in [6.07, 6.45) is 12.7. The van der Waals surface area contributed by atoms with Gasteiger partial charge >= 0.3 is 0 Å². The smallest absolute Gasteiger partial charge is 0.274 e. The zero-order chi connectivity index (χ0) is 37.9. The molecule has 54 heavy (non-hydrogen) atoms. The summed E-state index contributed by atoms with van der Waals surface area (Å²) < 4.78 is 44.1. The number of carbonyl (C=O) groups is 2. The van der Waals surface area contributed by atoms with Gasteiger partial charge in [0, 0.05) is 41.2 Å². The van der Waals surface area contributed by atoms with Crippen molar-refractivity contribution in [3.63, 3.8) is 0 Å². The highest BCUT2D eigenvalue weighted by Gasteiger charge is 2.36. The summed E-state index contributed by atoms with van der Waals surface area (Å²) in [5.74, 6) is 0.295. The summed E-state index contributed by atoms with van der Waals surface area (Å²) >= 11 is 0. The minimum Gasteiger partial charge on any atom is -0.497 e. The van der Waals surface area contributed by atoms with E-state index < -0.39 is 21.2 Å². The lowest BCUT2D eigenvalue weighted by Crippen LogP contribution is -2.48. The van der Waals surface area contributed by atoms with E-state index >= 15 is 0 Å². The maximum Gasteiger partial charge on any atom is 0.274 e. The number of nitrogens with one attached hydrogen (secondary N) is 1. The van der Waals surface area contributed by atoms with Crippen molar-refractivity contribution in [1.29, 1.82) is 0 Å². The maximum atomic E-state index is 14.5. The van der Waals surface area contributed by atoms with Gasteiger partial charge in [-0.1, -0.05) is 25.3 Å². The highest BCUT2D eigenvalue weighted by atomic mass is 32.2. The van der Waals surface area contributed by atoms with E-state index in [1.807, 2.05) is 43.3 Å². The van der Waals surface area contributed by atoms with Gasteiger partial charge in [0.05, 0.1) is 48.8 Å². The Labute approximate surface area is 317 Å². The number of benzene rings is 2. The minimum atomic E-state index is -3.84. The number of nitrogens with zero attached hydrogens (tertiary/aromatic N) is 4. The van der Waals surface area contributed by atoms with E-state index in [0.29, 0.717) is 31.2 Å². The third kappa shape index (κ3) is 6.55. The van der Waals surface area contributed by atoms with Gasteiger partial charge in [0.25, 0.3) is 11.8 Å². The van der Waals surface area contributed by atoms with Crippen LogP contribution < -0.4 is 9.46 Å². The van der Waals surface area contributed by atoms with Crippen LogP contribution in [0.2, 0.25) is 0 Å². The third-order valence-corrected chi connectivity index (χ3v) is 13.6. The van der Waals surface area contributed by atoms with Crippen LogP contribution in [0, 0.1) is 0 Å². The van der Waals surface area contributed by atoms with E-state index in [0.717, 1.165) is 89.7 Å². The highest BCUT2D eigenvalue weighted by Crippen LogP contribution is 2.48. The largest absolute Gasteiger partial charge is 0.497 e. The number of fused-ring (bicyclic) bond motifs is 5. The molecule has 2 aliphatic carbocycles. The van der Waals surface area contributed by atoms with Crippen LogP contribution in [0.25, 0.3) is 33.8 Å². The highest BCUT2D eigenvalue weighted by molar-refractivity contribution is 7.90. The van der Waals surface area contributed by atoms with Crippen LogP contribution >= 0.6 is 0 Å². The van der Waals surface area contributed by atoms with Gasteiger partial charge in [0.2, 0.25) is 10.0 Å². The van der Waals surface area contributed by atoms with Gasteiger partial charge in [-0.15, -0.1) is 0 Å². The van der Waals surface area contributed by atoms with Crippen molar-refractivity contribution in [3.05, 3.63) is 70.8 Å². The molecular formula is C42H51N5O6S. The first kappa shape index (κ1) is 36.6. The average Bonchev–Trinajstić information content (AvgIpc) is 3.63. The first-order chi connectivity index (χ1) is 25.9. The lowest BCUT2D eigenvalue weighted by atomic mass is 9.81. The third-order valence-electron chi connectivity index (χ3n) is 11.9. The molecule has 4 aliphatic rings. The van der Waals surface area contributed by atoms with Gasteiger partial charge in [-0.3, -0.25) is 9.59 Å². The summed E-state index contributed by atoms with van der Waals surface area (Å²) in [4.78, 5) is 34.8. The molecule has 0 radical (unpaired) electrons. The summed E-state index contributed by atoms with van der Waals surface area (Å²) in [5.41, 5.74) is 7.70. The second-order valence-electron chi connectivity index (χ2n) is 16.0. The molecule has 2 aliphatic heterocycles. The van der Waals surface area contributed by atoms with Crippen molar-refractivity contribution >= 4 is 44.4 Å². The molecule has 4 heterocycles. The number of allylic oxidation sites excluding steroid dienone is 1. The fraction of sp³-hybridized carbons (Fsp3) is 0.500. The molecule has 2 aromatic heterocycles. The summed E-state index contributed by atoms with van der Waals surface area (Å²) in [5, 5.41) is 0.304. The summed E-state index contributed by atoms with van der Waals surface area (Å²) in [6.45, 7) is 8.50. The van der Waals surface area contributed by atoms with Crippen LogP contribution in [-0.4, -0.2) is 76.9 Å². The van der Waals surface area contributed by atoms with Gasteiger partial charge in [0.1, 0.15) is 5.75 Å². The van der Waals surface area contributed by atoms with Crippen molar-refractivity contribution in [3.8, 4) is 17.0 Å². The van der Waals surface area contributed by atoms with Crippen LogP contribution in [0.3, 0.4) is 0 Å². The van der Waals surface area contributed by atoms with Crippen molar-refractivity contribution in [1.82, 2.24) is 23.7 Å². The Kier molecular flexibility index (Phi) is 9.71. The molecule has 1 N–H and O–H groups in total. The Balaban J connectivity index is 1.35. The first-order valence-corrected chi connectivity index (χ1v) is 21.1. The zero-order valence-corrected chi connectivity index (χ0v) is 32.7. The Morgan fingerprint density at radius 3 is 2.35 bits per heavy atom. The average molecular weight is 754 g/mol. The number of methoxy groups -OCH3 is 1. The van der Waals surface area contributed by atoms with Crippen LogP contribution in [0.15, 0.2) is 42.7 Å². The lowest BCUT2D eigenvalue weighted by molar-refractivity contribution is -0.0587. The van der Waals surface area contributed by atoms with Gasteiger partial charge in [0.15, 0.2) is 5.69 Å². The van der Waals surface area contributed by atoms with E-state index in [1.165, 1.54) is 12.0 Å². The molecule has 8 rings (SSSR count). The fourth-order valence-electron chi connectivity index (χ4n) is 8.90. The van der Waals surface area contributed by atoms with Gasteiger partial charge in [-0.05, 0) is 119 Å². The first-order valence-electron chi connectivity index (χ1n) is 19.6. The van der Waals surface area contributed by atoms with E-state index in [2.05, 4.69) is 32.1 Å². The molecule has 2 aromatic carbocycles. The fourth-order valence-corrected chi connectivity index (χ4v) is 9.52. The van der Waals surface area contributed by atoms with Crippen LogP contribution in [0.1, 0.15) is 129 Å². The van der Waals surface area contributed by atoms with E-state index in [9.17, 15) is 18.0 Å².